The van der Waals surface area contributed by atoms with Crippen LogP contribution in [0.3, 0.4) is 0 Å². The average Bonchev–Trinajstić information content (AvgIpc) is 2.60. The van der Waals surface area contributed by atoms with Crippen LogP contribution in [0.5, 0.6) is 5.75 Å². The summed E-state index contributed by atoms with van der Waals surface area (Å²) in [5, 5.41) is 15.7. The molecule has 3 atom stereocenters. The van der Waals surface area contributed by atoms with Gasteiger partial charge in [-0.15, -0.1) is 0 Å². The molecule has 2 bridgehead atoms. The summed E-state index contributed by atoms with van der Waals surface area (Å²) < 4.78 is 6.46. The van der Waals surface area contributed by atoms with E-state index < -0.39 is 5.72 Å². The van der Waals surface area contributed by atoms with Crippen molar-refractivity contribution >= 4 is 16.7 Å². The van der Waals surface area contributed by atoms with Crippen LogP contribution < -0.4 is 10.1 Å². The van der Waals surface area contributed by atoms with Gasteiger partial charge in [-0.2, -0.15) is 0 Å². The van der Waals surface area contributed by atoms with Crippen LogP contribution in [-0.4, -0.2) is 16.7 Å². The monoisotopic (exact) mass is 335 g/mol. The van der Waals surface area contributed by atoms with Crippen molar-refractivity contribution in [2.75, 3.05) is 0 Å². The lowest BCUT2D eigenvalue weighted by atomic mass is 9.63. The zero-order valence-corrected chi connectivity index (χ0v) is 14.2. The molecule has 4 nitrogen and oxygen atoms in total. The van der Waals surface area contributed by atoms with Gasteiger partial charge in [0.1, 0.15) is 5.75 Å². The van der Waals surface area contributed by atoms with Crippen molar-refractivity contribution in [3.8, 4) is 5.75 Å². The summed E-state index contributed by atoms with van der Waals surface area (Å²) in [7, 11) is 0. The molecule has 25 heavy (non-hydrogen) atoms. The van der Waals surface area contributed by atoms with Gasteiger partial charge in [0.15, 0.2) is 5.72 Å². The molecule has 0 aromatic heterocycles. The fourth-order valence-corrected chi connectivity index (χ4v) is 5.13. The highest BCUT2D eigenvalue weighted by atomic mass is 16.5. The number of fused-ring (bicyclic) bond motifs is 4. The van der Waals surface area contributed by atoms with Gasteiger partial charge in [-0.25, -0.2) is 0 Å². The Morgan fingerprint density at radius 1 is 1.24 bits per heavy atom. The largest absolute Gasteiger partial charge is 0.512 e. The first-order valence-electron chi connectivity index (χ1n) is 9.04. The average molecular weight is 335 g/mol. The number of ether oxygens (including phenoxy) is 1. The number of carbonyl (C=O) groups excluding carboxylic acids is 1. The van der Waals surface area contributed by atoms with E-state index in [2.05, 4.69) is 23.5 Å². The van der Waals surface area contributed by atoms with Gasteiger partial charge in [-0.1, -0.05) is 36.8 Å². The van der Waals surface area contributed by atoms with E-state index in [1.807, 2.05) is 18.2 Å². The molecule has 2 heterocycles. The van der Waals surface area contributed by atoms with Crippen LogP contribution in [0, 0.1) is 5.92 Å². The van der Waals surface area contributed by atoms with Crippen LogP contribution in [-0.2, 0) is 4.79 Å². The minimum absolute atomic E-state index is 0.113. The molecular weight excluding hydrogens is 314 g/mol. The van der Waals surface area contributed by atoms with Crippen molar-refractivity contribution in [1.29, 1.82) is 0 Å². The number of hydrogen-bond acceptors (Lipinski definition) is 3. The standard InChI is InChI=1S/C21H21NO3/c1-12(23)17-19-15-8-4-5-11-21(15,22-20(17)24)25-16-10-9-13-6-2-3-7-14(13)18(16)19/h2-3,6-7,9-10,15,19,23H,4-5,8,11H2,1H3,(H,22,24). The van der Waals surface area contributed by atoms with Crippen LogP contribution in [0.15, 0.2) is 47.7 Å². The lowest BCUT2D eigenvalue weighted by Gasteiger charge is -2.55. The molecule has 128 valence electrons. The molecule has 2 aliphatic heterocycles. The Hall–Kier alpha value is -2.49. The Labute approximate surface area is 146 Å². The Morgan fingerprint density at radius 3 is 2.92 bits per heavy atom. The van der Waals surface area contributed by atoms with Crippen LogP contribution in [0.25, 0.3) is 10.8 Å². The highest BCUT2D eigenvalue weighted by Crippen LogP contribution is 2.57. The van der Waals surface area contributed by atoms with Crippen LogP contribution in [0.2, 0.25) is 0 Å². The maximum Gasteiger partial charge on any atom is 0.254 e. The third kappa shape index (κ3) is 1.91. The number of aliphatic hydroxyl groups is 1. The molecule has 3 unspecified atom stereocenters. The summed E-state index contributed by atoms with van der Waals surface area (Å²) in [6, 6.07) is 12.3. The summed E-state index contributed by atoms with van der Waals surface area (Å²) in [6.45, 7) is 1.62. The Kier molecular flexibility index (Phi) is 2.97. The molecule has 1 aliphatic carbocycles. The molecule has 1 saturated heterocycles. The molecule has 0 spiro atoms. The predicted octanol–water partition coefficient (Wildman–Crippen LogP) is 4.16. The van der Waals surface area contributed by atoms with E-state index in [1.165, 1.54) is 0 Å². The van der Waals surface area contributed by atoms with Crippen LogP contribution in [0.1, 0.15) is 44.1 Å². The fraction of sp³-hybridized carbons (Fsp3) is 0.381. The number of benzene rings is 2. The van der Waals surface area contributed by atoms with Crippen molar-refractivity contribution < 1.29 is 14.6 Å². The number of amides is 1. The second-order valence-corrected chi connectivity index (χ2v) is 7.47. The molecule has 0 radical (unpaired) electrons. The highest BCUT2D eigenvalue weighted by molar-refractivity contribution is 6.00. The van der Waals surface area contributed by atoms with E-state index in [9.17, 15) is 9.90 Å². The molecule has 2 aromatic rings. The van der Waals surface area contributed by atoms with Gasteiger partial charge in [-0.05, 0) is 36.6 Å². The number of piperidine rings is 1. The Balaban J connectivity index is 1.85. The maximum absolute atomic E-state index is 12.8. The zero-order valence-electron chi connectivity index (χ0n) is 14.2. The summed E-state index contributed by atoms with van der Waals surface area (Å²) in [6.07, 6.45) is 3.98. The first-order chi connectivity index (χ1) is 12.1. The minimum Gasteiger partial charge on any atom is -0.512 e. The van der Waals surface area contributed by atoms with E-state index in [-0.39, 0.29) is 23.5 Å². The van der Waals surface area contributed by atoms with E-state index >= 15 is 0 Å². The van der Waals surface area contributed by atoms with Gasteiger partial charge in [0.05, 0.1) is 11.3 Å². The Bertz CT molecular complexity index is 928. The summed E-state index contributed by atoms with van der Waals surface area (Å²) >= 11 is 0. The molecule has 4 heteroatoms. The van der Waals surface area contributed by atoms with Crippen LogP contribution in [0.4, 0.5) is 0 Å². The van der Waals surface area contributed by atoms with E-state index in [0.29, 0.717) is 5.57 Å². The van der Waals surface area contributed by atoms with Gasteiger partial charge in [0.2, 0.25) is 0 Å². The number of aliphatic hydroxyl groups excluding tert-OH is 1. The smallest absolute Gasteiger partial charge is 0.254 e. The summed E-state index contributed by atoms with van der Waals surface area (Å²) in [5.74, 6) is 0.799. The molecule has 2 N–H and O–H groups in total. The van der Waals surface area contributed by atoms with Crippen molar-refractivity contribution in [1.82, 2.24) is 5.32 Å². The second-order valence-electron chi connectivity index (χ2n) is 7.47. The first-order valence-corrected chi connectivity index (χ1v) is 9.04. The molecule has 2 fully saturated rings. The van der Waals surface area contributed by atoms with E-state index in [1.54, 1.807) is 6.92 Å². The highest BCUT2D eigenvalue weighted by Gasteiger charge is 2.58. The molecule has 3 aliphatic rings. The first kappa shape index (κ1) is 14.8. The van der Waals surface area contributed by atoms with Gasteiger partial charge in [0.25, 0.3) is 5.91 Å². The third-order valence-electron chi connectivity index (χ3n) is 6.12. The van der Waals surface area contributed by atoms with Gasteiger partial charge in [-0.3, -0.25) is 4.79 Å². The fourth-order valence-electron chi connectivity index (χ4n) is 5.13. The molecule has 2 aromatic carbocycles. The lowest BCUT2D eigenvalue weighted by molar-refractivity contribution is -0.140. The van der Waals surface area contributed by atoms with E-state index in [4.69, 9.17) is 4.74 Å². The zero-order chi connectivity index (χ0) is 17.2. The minimum atomic E-state index is -0.631. The second kappa shape index (κ2) is 5.01. The number of hydrogen-bond donors (Lipinski definition) is 2. The summed E-state index contributed by atoms with van der Waals surface area (Å²) in [5.41, 5.74) is 0.927. The summed E-state index contributed by atoms with van der Waals surface area (Å²) in [4.78, 5) is 12.8. The van der Waals surface area contributed by atoms with Crippen molar-refractivity contribution in [3.05, 3.63) is 53.3 Å². The normalized spacial score (nSPS) is 32.3. The maximum atomic E-state index is 12.8. The van der Waals surface area contributed by atoms with Crippen LogP contribution >= 0.6 is 0 Å². The number of rotatable bonds is 0. The van der Waals surface area contributed by atoms with E-state index in [0.717, 1.165) is 47.8 Å². The van der Waals surface area contributed by atoms with Crippen molar-refractivity contribution in [3.63, 3.8) is 0 Å². The predicted molar refractivity (Wildman–Crippen MR) is 95.5 cm³/mol. The van der Waals surface area contributed by atoms with Gasteiger partial charge in [0, 0.05) is 23.8 Å². The number of allylic oxidation sites excluding steroid dienone is 1. The number of carbonyl (C=O) groups is 1. The molecule has 1 amide bonds. The van der Waals surface area contributed by atoms with Gasteiger partial charge >= 0.3 is 0 Å². The van der Waals surface area contributed by atoms with Crippen molar-refractivity contribution in [2.24, 2.45) is 5.92 Å². The molecular formula is C21H21NO3. The molecule has 5 rings (SSSR count). The topological polar surface area (TPSA) is 58.6 Å². The quantitative estimate of drug-likeness (QED) is 0.561. The SMILES string of the molecule is CC(O)=C1C(=O)NC23CCCCC2C1c1c(ccc2ccccc12)O3. The lowest BCUT2D eigenvalue weighted by Crippen LogP contribution is -2.66. The third-order valence-corrected chi connectivity index (χ3v) is 6.12. The molecule has 1 saturated carbocycles. The Morgan fingerprint density at radius 2 is 2.08 bits per heavy atom. The van der Waals surface area contributed by atoms with Crippen molar-refractivity contribution in [2.45, 2.75) is 44.2 Å². The van der Waals surface area contributed by atoms with Gasteiger partial charge < -0.3 is 15.2 Å². The number of nitrogens with one attached hydrogen (secondary N) is 1.